The van der Waals surface area contributed by atoms with Crippen LogP contribution < -0.4 is 11.1 Å². The first-order valence-corrected chi connectivity index (χ1v) is 7.71. The molecule has 4 heteroatoms. The van der Waals surface area contributed by atoms with Crippen LogP contribution in [0.15, 0.2) is 73.2 Å². The Labute approximate surface area is 136 Å². The highest BCUT2D eigenvalue weighted by Crippen LogP contribution is 2.20. The van der Waals surface area contributed by atoms with Gasteiger partial charge in [0.05, 0.1) is 0 Å². The van der Waals surface area contributed by atoms with Crippen molar-refractivity contribution in [1.82, 2.24) is 9.97 Å². The van der Waals surface area contributed by atoms with Crippen LogP contribution in [0.4, 0.5) is 5.82 Å². The third kappa shape index (κ3) is 4.37. The fraction of sp³-hybridized carbons (Fsp3) is 0.158. The number of nitrogens with two attached hydrogens (primary N) is 1. The Balaban J connectivity index is 1.60. The third-order valence-corrected chi connectivity index (χ3v) is 3.66. The maximum Gasteiger partial charge on any atom is 0.126 e. The van der Waals surface area contributed by atoms with E-state index in [9.17, 15) is 0 Å². The summed E-state index contributed by atoms with van der Waals surface area (Å²) in [6.45, 7) is 0.682. The standard InChI is InChI=1S/C19H20N4/c20-18(12-15-4-2-1-3-5-15)14-23-19-13-17(8-11-22-19)16-6-9-21-10-7-16/h1-11,13,18H,12,14,20H2,(H,22,23)/t18-/m1/s1. The van der Waals surface area contributed by atoms with E-state index in [0.717, 1.165) is 23.4 Å². The number of pyridine rings is 2. The molecule has 0 aliphatic rings. The Kier molecular flexibility index (Phi) is 4.96. The molecule has 0 spiro atoms. The van der Waals surface area contributed by atoms with Crippen molar-refractivity contribution in [2.24, 2.45) is 5.73 Å². The topological polar surface area (TPSA) is 63.8 Å². The first-order chi connectivity index (χ1) is 11.3. The molecule has 3 aromatic rings. The van der Waals surface area contributed by atoms with Crippen molar-refractivity contribution in [1.29, 1.82) is 0 Å². The number of anilines is 1. The van der Waals surface area contributed by atoms with E-state index in [1.54, 1.807) is 18.6 Å². The van der Waals surface area contributed by atoms with Crippen LogP contribution in [0.1, 0.15) is 5.56 Å². The van der Waals surface area contributed by atoms with Gasteiger partial charge >= 0.3 is 0 Å². The highest BCUT2D eigenvalue weighted by Gasteiger charge is 2.05. The normalized spacial score (nSPS) is 11.9. The van der Waals surface area contributed by atoms with Crippen LogP contribution in [-0.2, 0) is 6.42 Å². The summed E-state index contributed by atoms with van der Waals surface area (Å²) in [6.07, 6.45) is 6.23. The predicted molar refractivity (Wildman–Crippen MR) is 94.1 cm³/mol. The van der Waals surface area contributed by atoms with Crippen molar-refractivity contribution < 1.29 is 0 Å². The van der Waals surface area contributed by atoms with E-state index >= 15 is 0 Å². The second kappa shape index (κ2) is 7.51. The molecule has 1 atom stereocenters. The van der Waals surface area contributed by atoms with E-state index in [1.807, 2.05) is 42.5 Å². The molecule has 0 aliphatic carbocycles. The maximum absolute atomic E-state index is 6.20. The molecule has 0 bridgehead atoms. The average molecular weight is 304 g/mol. The van der Waals surface area contributed by atoms with Gasteiger partial charge in [-0.25, -0.2) is 4.98 Å². The van der Waals surface area contributed by atoms with Gasteiger partial charge in [0.2, 0.25) is 0 Å². The molecule has 0 radical (unpaired) electrons. The minimum atomic E-state index is 0.0452. The zero-order valence-corrected chi connectivity index (χ0v) is 12.9. The molecule has 2 aromatic heterocycles. The Morgan fingerprint density at radius 1 is 0.913 bits per heavy atom. The maximum atomic E-state index is 6.20. The summed E-state index contributed by atoms with van der Waals surface area (Å²) in [6, 6.07) is 18.3. The fourth-order valence-corrected chi connectivity index (χ4v) is 2.48. The number of nitrogens with zero attached hydrogens (tertiary/aromatic N) is 2. The van der Waals surface area contributed by atoms with E-state index in [0.29, 0.717) is 6.54 Å². The van der Waals surface area contributed by atoms with Crippen molar-refractivity contribution in [3.63, 3.8) is 0 Å². The van der Waals surface area contributed by atoms with Gasteiger partial charge in [-0.05, 0) is 47.4 Å². The molecule has 0 fully saturated rings. The second-order valence-electron chi connectivity index (χ2n) is 5.50. The van der Waals surface area contributed by atoms with Crippen LogP contribution in [0, 0.1) is 0 Å². The Bertz CT molecular complexity index is 729. The van der Waals surface area contributed by atoms with E-state index in [2.05, 4.69) is 27.4 Å². The summed E-state index contributed by atoms with van der Waals surface area (Å²) >= 11 is 0. The molecule has 0 aliphatic heterocycles. The van der Waals surface area contributed by atoms with Gasteiger partial charge in [0.15, 0.2) is 0 Å². The lowest BCUT2D eigenvalue weighted by atomic mass is 10.1. The number of nitrogens with one attached hydrogen (secondary N) is 1. The monoisotopic (exact) mass is 304 g/mol. The van der Waals surface area contributed by atoms with Crippen LogP contribution in [0.3, 0.4) is 0 Å². The summed E-state index contributed by atoms with van der Waals surface area (Å²) in [7, 11) is 0. The van der Waals surface area contributed by atoms with Gasteiger partial charge in [0.1, 0.15) is 5.82 Å². The summed E-state index contributed by atoms with van der Waals surface area (Å²) in [5, 5.41) is 3.32. The minimum absolute atomic E-state index is 0.0452. The van der Waals surface area contributed by atoms with E-state index < -0.39 is 0 Å². The molecule has 1 aromatic carbocycles. The van der Waals surface area contributed by atoms with Crippen molar-refractivity contribution in [3.8, 4) is 11.1 Å². The summed E-state index contributed by atoms with van der Waals surface area (Å²) in [5.74, 6) is 0.836. The first kappa shape index (κ1) is 15.2. The molecule has 116 valence electrons. The Morgan fingerprint density at radius 2 is 1.65 bits per heavy atom. The zero-order valence-electron chi connectivity index (χ0n) is 12.9. The number of aromatic nitrogens is 2. The third-order valence-electron chi connectivity index (χ3n) is 3.66. The minimum Gasteiger partial charge on any atom is -0.368 e. The molecule has 3 rings (SSSR count). The van der Waals surface area contributed by atoms with Gasteiger partial charge in [-0.1, -0.05) is 30.3 Å². The molecule has 0 saturated carbocycles. The van der Waals surface area contributed by atoms with Crippen molar-refractivity contribution in [2.45, 2.75) is 12.5 Å². The van der Waals surface area contributed by atoms with Gasteiger partial charge in [-0.2, -0.15) is 0 Å². The molecule has 0 saturated heterocycles. The van der Waals surface area contributed by atoms with Crippen LogP contribution in [0.5, 0.6) is 0 Å². The average Bonchev–Trinajstić information content (AvgIpc) is 2.62. The van der Waals surface area contributed by atoms with Gasteiger partial charge in [0.25, 0.3) is 0 Å². The molecule has 23 heavy (non-hydrogen) atoms. The Hall–Kier alpha value is -2.72. The smallest absolute Gasteiger partial charge is 0.126 e. The molecule has 0 unspecified atom stereocenters. The SMILES string of the molecule is N[C@@H](CNc1cc(-c2ccncc2)ccn1)Cc1ccccc1. The van der Waals surface area contributed by atoms with E-state index in [4.69, 9.17) is 5.73 Å². The van der Waals surface area contributed by atoms with E-state index in [1.165, 1.54) is 5.56 Å². The highest BCUT2D eigenvalue weighted by atomic mass is 15.0. The van der Waals surface area contributed by atoms with Crippen LogP contribution in [-0.4, -0.2) is 22.6 Å². The lowest BCUT2D eigenvalue weighted by Crippen LogP contribution is -2.31. The zero-order chi connectivity index (χ0) is 15.9. The van der Waals surface area contributed by atoms with Crippen molar-refractivity contribution in [2.75, 3.05) is 11.9 Å². The fourth-order valence-electron chi connectivity index (χ4n) is 2.48. The predicted octanol–water partition coefficient (Wildman–Crippen LogP) is 3.13. The van der Waals surface area contributed by atoms with Crippen LogP contribution in [0.2, 0.25) is 0 Å². The quantitative estimate of drug-likeness (QED) is 0.734. The van der Waals surface area contributed by atoms with Crippen molar-refractivity contribution in [3.05, 3.63) is 78.8 Å². The first-order valence-electron chi connectivity index (χ1n) is 7.71. The van der Waals surface area contributed by atoms with Gasteiger partial charge < -0.3 is 11.1 Å². The number of benzene rings is 1. The number of hydrogen-bond donors (Lipinski definition) is 2. The molecule has 4 nitrogen and oxygen atoms in total. The largest absolute Gasteiger partial charge is 0.368 e. The highest BCUT2D eigenvalue weighted by molar-refractivity contribution is 5.65. The molecular formula is C19H20N4. The number of rotatable bonds is 6. The molecule has 3 N–H and O–H groups in total. The summed E-state index contributed by atoms with van der Waals surface area (Å²) in [5.41, 5.74) is 9.69. The summed E-state index contributed by atoms with van der Waals surface area (Å²) < 4.78 is 0. The Morgan fingerprint density at radius 3 is 2.43 bits per heavy atom. The number of hydrogen-bond acceptors (Lipinski definition) is 4. The van der Waals surface area contributed by atoms with Gasteiger partial charge in [0, 0.05) is 31.2 Å². The van der Waals surface area contributed by atoms with Crippen molar-refractivity contribution >= 4 is 5.82 Å². The van der Waals surface area contributed by atoms with E-state index in [-0.39, 0.29) is 6.04 Å². The summed E-state index contributed by atoms with van der Waals surface area (Å²) in [4.78, 5) is 8.41. The second-order valence-corrected chi connectivity index (χ2v) is 5.50. The van der Waals surface area contributed by atoms with Gasteiger partial charge in [-0.15, -0.1) is 0 Å². The van der Waals surface area contributed by atoms with Crippen LogP contribution >= 0.6 is 0 Å². The molecule has 2 heterocycles. The van der Waals surface area contributed by atoms with Gasteiger partial charge in [-0.3, -0.25) is 4.98 Å². The van der Waals surface area contributed by atoms with Crippen LogP contribution in [0.25, 0.3) is 11.1 Å². The lowest BCUT2D eigenvalue weighted by molar-refractivity contribution is 0.698. The molecule has 0 amide bonds. The lowest BCUT2D eigenvalue weighted by Gasteiger charge is -2.14. The molecular weight excluding hydrogens is 284 g/mol.